The molecule has 0 saturated heterocycles. The lowest BCUT2D eigenvalue weighted by Crippen LogP contribution is -2.22. The lowest BCUT2D eigenvalue weighted by Gasteiger charge is -2.16. The number of halogens is 1. The molecule has 8 nitrogen and oxygen atoms in total. The number of carbonyl (C=O) groups excluding carboxylic acids is 1. The van der Waals surface area contributed by atoms with E-state index in [4.69, 9.17) is 4.74 Å². The molecule has 1 aromatic heterocycles. The van der Waals surface area contributed by atoms with Gasteiger partial charge in [0.2, 0.25) is 5.95 Å². The summed E-state index contributed by atoms with van der Waals surface area (Å²) in [5, 5.41) is 9.50. The Bertz CT molecular complexity index is 1270. The SMILES string of the molecule is C=C/C(=C/CCC)Nc1cccc(Nc2nc(Nc3cccc(OCCCN(C)CCCC=O)c3)ncc2F)c1. The van der Waals surface area contributed by atoms with Crippen LogP contribution in [0.4, 0.5) is 33.2 Å². The van der Waals surface area contributed by atoms with Crippen molar-refractivity contribution in [2.45, 2.75) is 39.0 Å². The number of ether oxygens (including phenoxy) is 1. The van der Waals surface area contributed by atoms with Gasteiger partial charge in [-0.1, -0.05) is 38.1 Å². The highest BCUT2D eigenvalue weighted by atomic mass is 19.1. The standard InChI is InChI=1S/C31H39FN6O2/c1-4-6-12-24(5-2)34-25-13-9-14-26(21-25)35-30-29(32)23-33-31(37-30)36-27-15-10-16-28(22-27)40-20-11-18-38(3)17-7-8-19-39/h5,9-10,12-16,19,21-23,34H,2,4,6-8,11,17-18,20H2,1,3H3,(H2,33,35,36,37)/b24-12-. The van der Waals surface area contributed by atoms with Crippen LogP contribution >= 0.6 is 0 Å². The Morgan fingerprint density at radius 3 is 2.58 bits per heavy atom. The van der Waals surface area contributed by atoms with Crippen LogP contribution in [0.15, 0.2) is 79.2 Å². The molecule has 0 saturated carbocycles. The van der Waals surface area contributed by atoms with Gasteiger partial charge in [-0.05, 0) is 69.3 Å². The molecule has 212 valence electrons. The predicted molar refractivity (Wildman–Crippen MR) is 161 cm³/mol. The number of aromatic nitrogens is 2. The van der Waals surface area contributed by atoms with E-state index in [1.807, 2.05) is 55.6 Å². The van der Waals surface area contributed by atoms with Gasteiger partial charge in [-0.15, -0.1) is 0 Å². The van der Waals surface area contributed by atoms with Crippen LogP contribution < -0.4 is 20.7 Å². The third kappa shape index (κ3) is 10.5. The second-order valence-electron chi connectivity index (χ2n) is 9.34. The van der Waals surface area contributed by atoms with Crippen molar-refractivity contribution in [1.82, 2.24) is 14.9 Å². The Labute approximate surface area is 236 Å². The lowest BCUT2D eigenvalue weighted by molar-refractivity contribution is -0.108. The number of anilines is 5. The molecule has 2 aromatic carbocycles. The zero-order valence-corrected chi connectivity index (χ0v) is 23.3. The molecule has 1 heterocycles. The average molecular weight is 547 g/mol. The molecular weight excluding hydrogens is 507 g/mol. The van der Waals surface area contributed by atoms with Crippen molar-refractivity contribution in [3.05, 3.63) is 85.0 Å². The van der Waals surface area contributed by atoms with E-state index in [1.165, 1.54) is 0 Å². The molecule has 0 bridgehead atoms. The number of unbranched alkanes of at least 4 members (excludes halogenated alkanes) is 2. The minimum Gasteiger partial charge on any atom is -0.493 e. The van der Waals surface area contributed by atoms with Crippen molar-refractivity contribution in [2.75, 3.05) is 42.7 Å². The van der Waals surface area contributed by atoms with E-state index in [0.717, 1.165) is 68.3 Å². The first-order valence-electron chi connectivity index (χ1n) is 13.6. The molecule has 9 heteroatoms. The highest BCUT2D eigenvalue weighted by Crippen LogP contribution is 2.24. The van der Waals surface area contributed by atoms with Crippen LogP contribution in [-0.2, 0) is 4.79 Å². The summed E-state index contributed by atoms with van der Waals surface area (Å²) in [6.07, 6.45) is 10.3. The fourth-order valence-corrected chi connectivity index (χ4v) is 3.85. The number of hydrogen-bond donors (Lipinski definition) is 3. The molecule has 0 aliphatic carbocycles. The third-order valence-corrected chi connectivity index (χ3v) is 5.94. The smallest absolute Gasteiger partial charge is 0.229 e. The maximum Gasteiger partial charge on any atom is 0.229 e. The number of allylic oxidation sites excluding steroid dienone is 2. The van der Waals surface area contributed by atoms with E-state index in [-0.39, 0.29) is 11.8 Å². The predicted octanol–water partition coefficient (Wildman–Crippen LogP) is 7.06. The molecule has 0 radical (unpaired) electrons. The quantitative estimate of drug-likeness (QED) is 0.0887. The second kappa shape index (κ2) is 16.7. The minimum absolute atomic E-state index is 0.0600. The highest BCUT2D eigenvalue weighted by molar-refractivity contribution is 5.65. The van der Waals surface area contributed by atoms with E-state index < -0.39 is 5.82 Å². The number of benzene rings is 2. The molecule has 0 fully saturated rings. The molecule has 3 aromatic rings. The Morgan fingerprint density at radius 2 is 1.80 bits per heavy atom. The van der Waals surface area contributed by atoms with Crippen molar-refractivity contribution in [2.24, 2.45) is 0 Å². The summed E-state index contributed by atoms with van der Waals surface area (Å²) < 4.78 is 20.5. The molecule has 3 N–H and O–H groups in total. The summed E-state index contributed by atoms with van der Waals surface area (Å²) in [6, 6.07) is 15.0. The third-order valence-electron chi connectivity index (χ3n) is 5.94. The number of carbonyl (C=O) groups is 1. The molecular formula is C31H39FN6O2. The number of rotatable bonds is 18. The Kier molecular flexibility index (Phi) is 12.6. The van der Waals surface area contributed by atoms with Crippen molar-refractivity contribution in [3.63, 3.8) is 0 Å². The van der Waals surface area contributed by atoms with Crippen LogP contribution in [0.2, 0.25) is 0 Å². The maximum atomic E-state index is 14.6. The normalized spacial score (nSPS) is 11.2. The zero-order valence-electron chi connectivity index (χ0n) is 23.3. The molecule has 0 spiro atoms. The van der Waals surface area contributed by atoms with Crippen molar-refractivity contribution < 1.29 is 13.9 Å². The summed E-state index contributed by atoms with van der Waals surface area (Å²) in [7, 11) is 2.04. The van der Waals surface area contributed by atoms with Gasteiger partial charge in [0.1, 0.15) is 12.0 Å². The Morgan fingerprint density at radius 1 is 1.05 bits per heavy atom. The molecule has 0 aliphatic rings. The topological polar surface area (TPSA) is 91.4 Å². The van der Waals surface area contributed by atoms with Gasteiger partial charge in [-0.25, -0.2) is 9.37 Å². The number of hydrogen-bond acceptors (Lipinski definition) is 8. The summed E-state index contributed by atoms with van der Waals surface area (Å²) >= 11 is 0. The molecule has 3 rings (SSSR count). The first-order chi connectivity index (χ1) is 19.5. The lowest BCUT2D eigenvalue weighted by atomic mass is 10.2. The van der Waals surface area contributed by atoms with Gasteiger partial charge in [-0.3, -0.25) is 0 Å². The Balaban J connectivity index is 1.58. The summed E-state index contributed by atoms with van der Waals surface area (Å²) in [6.45, 7) is 8.33. The first kappa shape index (κ1) is 30.3. The fourth-order valence-electron chi connectivity index (χ4n) is 3.85. The molecule has 40 heavy (non-hydrogen) atoms. The van der Waals surface area contributed by atoms with Crippen LogP contribution in [0.25, 0.3) is 0 Å². The monoisotopic (exact) mass is 546 g/mol. The van der Waals surface area contributed by atoms with Gasteiger partial charge in [0.05, 0.1) is 12.8 Å². The van der Waals surface area contributed by atoms with Gasteiger partial charge in [0, 0.05) is 41.8 Å². The molecule has 0 unspecified atom stereocenters. The zero-order chi connectivity index (χ0) is 28.6. The van der Waals surface area contributed by atoms with E-state index in [1.54, 1.807) is 6.08 Å². The van der Waals surface area contributed by atoms with Gasteiger partial charge >= 0.3 is 0 Å². The van der Waals surface area contributed by atoms with Crippen molar-refractivity contribution >= 4 is 35.1 Å². The van der Waals surface area contributed by atoms with Gasteiger partial charge in [0.15, 0.2) is 11.6 Å². The summed E-state index contributed by atoms with van der Waals surface area (Å²) in [5.41, 5.74) is 3.17. The Hall–Kier alpha value is -4.24. The van der Waals surface area contributed by atoms with Crippen LogP contribution in [0.1, 0.15) is 39.0 Å². The molecule has 0 aliphatic heterocycles. The number of nitrogens with one attached hydrogen (secondary N) is 3. The first-order valence-corrected chi connectivity index (χ1v) is 13.6. The van der Waals surface area contributed by atoms with Gasteiger partial charge < -0.3 is 30.4 Å². The second-order valence-corrected chi connectivity index (χ2v) is 9.34. The largest absolute Gasteiger partial charge is 0.493 e. The average Bonchev–Trinajstić information content (AvgIpc) is 2.96. The summed E-state index contributed by atoms with van der Waals surface area (Å²) in [4.78, 5) is 21.1. The van der Waals surface area contributed by atoms with Crippen molar-refractivity contribution in [1.29, 1.82) is 0 Å². The number of nitrogens with zero attached hydrogens (tertiary/aromatic N) is 3. The molecule has 0 amide bonds. The highest BCUT2D eigenvalue weighted by Gasteiger charge is 2.09. The fraction of sp³-hybridized carbons (Fsp3) is 0.323. The van der Waals surface area contributed by atoms with Crippen LogP contribution in [0, 0.1) is 5.82 Å². The molecule has 0 atom stereocenters. The van der Waals surface area contributed by atoms with Crippen LogP contribution in [-0.4, -0.2) is 47.9 Å². The van der Waals surface area contributed by atoms with Crippen LogP contribution in [0.3, 0.4) is 0 Å². The maximum absolute atomic E-state index is 14.6. The van der Waals surface area contributed by atoms with E-state index in [0.29, 0.717) is 24.5 Å². The minimum atomic E-state index is -0.563. The van der Waals surface area contributed by atoms with E-state index in [2.05, 4.69) is 50.4 Å². The van der Waals surface area contributed by atoms with Crippen molar-refractivity contribution in [3.8, 4) is 5.75 Å². The summed E-state index contributed by atoms with van der Waals surface area (Å²) in [5.74, 6) is 0.463. The van der Waals surface area contributed by atoms with Crippen LogP contribution in [0.5, 0.6) is 5.75 Å². The number of aldehydes is 1. The van der Waals surface area contributed by atoms with Gasteiger partial charge in [0.25, 0.3) is 0 Å². The van der Waals surface area contributed by atoms with E-state index >= 15 is 0 Å². The van der Waals surface area contributed by atoms with E-state index in [9.17, 15) is 9.18 Å². The van der Waals surface area contributed by atoms with Gasteiger partial charge in [-0.2, -0.15) is 4.98 Å².